The van der Waals surface area contributed by atoms with Crippen LogP contribution in [0.3, 0.4) is 0 Å². The first-order valence-electron chi connectivity index (χ1n) is 9.68. The molecule has 1 atom stereocenters. The number of carbonyl (C=O) groups is 2. The minimum Gasteiger partial charge on any atom is -0.350 e. The van der Waals surface area contributed by atoms with Crippen LogP contribution in [0, 0.1) is 5.82 Å². The number of amides is 2. The average molecular weight is 410 g/mol. The summed E-state index contributed by atoms with van der Waals surface area (Å²) >= 11 is 0. The minimum atomic E-state index is -0.541. The fourth-order valence-corrected chi connectivity index (χ4v) is 2.89. The van der Waals surface area contributed by atoms with Gasteiger partial charge in [0.2, 0.25) is 5.91 Å². The predicted molar refractivity (Wildman–Crippen MR) is 111 cm³/mol. The predicted octanol–water partition coefficient (Wildman–Crippen LogP) is 2.38. The normalized spacial score (nSPS) is 11.8. The molecule has 1 unspecified atom stereocenters. The van der Waals surface area contributed by atoms with Gasteiger partial charge >= 0.3 is 0 Å². The maximum Gasteiger partial charge on any atom is 0.261 e. The van der Waals surface area contributed by atoms with Crippen molar-refractivity contribution in [3.05, 3.63) is 76.1 Å². The zero-order valence-corrected chi connectivity index (χ0v) is 16.8. The molecule has 156 valence electrons. The van der Waals surface area contributed by atoms with Crippen LogP contribution in [0.1, 0.15) is 36.2 Å². The summed E-state index contributed by atoms with van der Waals surface area (Å²) in [4.78, 5) is 41.1. The lowest BCUT2D eigenvalue weighted by Gasteiger charge is -2.12. The van der Waals surface area contributed by atoms with Crippen LogP contribution < -0.4 is 16.2 Å². The van der Waals surface area contributed by atoms with Crippen molar-refractivity contribution in [3.63, 3.8) is 0 Å². The van der Waals surface area contributed by atoms with Gasteiger partial charge in [-0.25, -0.2) is 9.37 Å². The van der Waals surface area contributed by atoms with Crippen molar-refractivity contribution in [1.29, 1.82) is 0 Å². The number of nitrogens with zero attached hydrogens (tertiary/aromatic N) is 2. The fraction of sp³-hybridized carbons (Fsp3) is 0.273. The smallest absolute Gasteiger partial charge is 0.261 e. The Morgan fingerprint density at radius 2 is 2.00 bits per heavy atom. The molecular weight excluding hydrogens is 387 g/mol. The number of rotatable bonds is 7. The van der Waals surface area contributed by atoms with E-state index in [0.29, 0.717) is 11.1 Å². The molecule has 0 aliphatic carbocycles. The number of nitrogens with one attached hydrogen (secondary N) is 2. The van der Waals surface area contributed by atoms with E-state index >= 15 is 0 Å². The molecular formula is C22H23FN4O3. The summed E-state index contributed by atoms with van der Waals surface area (Å²) in [5.41, 5.74) is 1.15. The highest BCUT2D eigenvalue weighted by atomic mass is 19.1. The van der Waals surface area contributed by atoms with Crippen LogP contribution >= 0.6 is 0 Å². The van der Waals surface area contributed by atoms with Crippen LogP contribution in [0.2, 0.25) is 0 Å². The molecule has 2 amide bonds. The van der Waals surface area contributed by atoms with Gasteiger partial charge in [-0.15, -0.1) is 0 Å². The van der Waals surface area contributed by atoms with Crippen LogP contribution in [0.25, 0.3) is 10.9 Å². The van der Waals surface area contributed by atoms with Gasteiger partial charge in [0.25, 0.3) is 11.5 Å². The van der Waals surface area contributed by atoms with E-state index in [2.05, 4.69) is 15.6 Å². The third kappa shape index (κ3) is 5.08. The number of halogens is 1. The van der Waals surface area contributed by atoms with Crippen molar-refractivity contribution in [3.8, 4) is 0 Å². The lowest BCUT2D eigenvalue weighted by atomic mass is 10.1. The van der Waals surface area contributed by atoms with E-state index in [1.54, 1.807) is 24.3 Å². The molecule has 0 radical (unpaired) electrons. The number of carbonyl (C=O) groups excluding carboxylic acids is 2. The minimum absolute atomic E-state index is 0.0724. The van der Waals surface area contributed by atoms with Gasteiger partial charge in [-0.05, 0) is 49.2 Å². The van der Waals surface area contributed by atoms with Crippen molar-refractivity contribution in [2.45, 2.75) is 39.4 Å². The second kappa shape index (κ2) is 9.30. The molecule has 2 aromatic carbocycles. The Morgan fingerprint density at radius 1 is 1.20 bits per heavy atom. The van der Waals surface area contributed by atoms with Crippen LogP contribution in [0.5, 0.6) is 0 Å². The van der Waals surface area contributed by atoms with Crippen LogP contribution in [-0.4, -0.2) is 27.4 Å². The molecule has 0 spiro atoms. The quantitative estimate of drug-likeness (QED) is 0.626. The first-order chi connectivity index (χ1) is 14.4. The number of hydrogen-bond donors (Lipinski definition) is 2. The number of hydrogen-bond acceptors (Lipinski definition) is 4. The third-order valence-corrected chi connectivity index (χ3v) is 4.77. The van der Waals surface area contributed by atoms with Gasteiger partial charge in [0, 0.05) is 18.2 Å². The topological polar surface area (TPSA) is 93.1 Å². The monoisotopic (exact) mass is 410 g/mol. The molecule has 1 heterocycles. The average Bonchev–Trinajstić information content (AvgIpc) is 2.74. The molecule has 0 bridgehead atoms. The Bertz CT molecular complexity index is 1140. The van der Waals surface area contributed by atoms with E-state index < -0.39 is 17.3 Å². The van der Waals surface area contributed by atoms with E-state index in [9.17, 15) is 18.8 Å². The zero-order valence-electron chi connectivity index (χ0n) is 16.8. The largest absolute Gasteiger partial charge is 0.350 e. The molecule has 0 saturated heterocycles. The first kappa shape index (κ1) is 21.2. The maximum atomic E-state index is 13.4. The molecule has 0 aliphatic heterocycles. The highest BCUT2D eigenvalue weighted by Gasteiger charge is 2.11. The first-order valence-corrected chi connectivity index (χ1v) is 9.68. The Morgan fingerprint density at radius 3 is 2.77 bits per heavy atom. The molecule has 1 aromatic heterocycles. The second-order valence-electron chi connectivity index (χ2n) is 7.10. The maximum absolute atomic E-state index is 13.4. The van der Waals surface area contributed by atoms with E-state index in [1.165, 1.54) is 18.5 Å². The van der Waals surface area contributed by atoms with Crippen molar-refractivity contribution in [2.24, 2.45) is 0 Å². The SMILES string of the molecule is CCC(C)NC(=O)c1cccc(CNC(=O)Cn2cnc3ccc(F)cc3c2=O)c1. The van der Waals surface area contributed by atoms with Crippen molar-refractivity contribution >= 4 is 22.7 Å². The molecule has 7 nitrogen and oxygen atoms in total. The van der Waals surface area contributed by atoms with Crippen molar-refractivity contribution in [1.82, 2.24) is 20.2 Å². The molecule has 8 heteroatoms. The van der Waals surface area contributed by atoms with Gasteiger partial charge in [0.15, 0.2) is 0 Å². The van der Waals surface area contributed by atoms with E-state index in [0.717, 1.165) is 22.6 Å². The summed E-state index contributed by atoms with van der Waals surface area (Å²) in [5.74, 6) is -1.11. The molecule has 0 aliphatic rings. The second-order valence-corrected chi connectivity index (χ2v) is 7.10. The Balaban J connectivity index is 1.65. The van der Waals surface area contributed by atoms with Crippen LogP contribution in [0.15, 0.2) is 53.6 Å². The highest BCUT2D eigenvalue weighted by Crippen LogP contribution is 2.09. The summed E-state index contributed by atoms with van der Waals surface area (Å²) in [6.07, 6.45) is 2.10. The Hall–Kier alpha value is -3.55. The fourth-order valence-electron chi connectivity index (χ4n) is 2.89. The highest BCUT2D eigenvalue weighted by molar-refractivity contribution is 5.94. The van der Waals surface area contributed by atoms with E-state index in [-0.39, 0.29) is 30.4 Å². The number of benzene rings is 2. The molecule has 3 aromatic rings. The third-order valence-electron chi connectivity index (χ3n) is 4.77. The van der Waals surface area contributed by atoms with Gasteiger partial charge in [-0.2, -0.15) is 0 Å². The molecule has 3 rings (SSSR count). The van der Waals surface area contributed by atoms with E-state index in [1.807, 2.05) is 13.8 Å². The zero-order chi connectivity index (χ0) is 21.7. The Kier molecular flexibility index (Phi) is 6.56. The summed E-state index contributed by atoms with van der Waals surface area (Å²) in [5, 5.41) is 5.73. The van der Waals surface area contributed by atoms with Gasteiger partial charge in [-0.3, -0.25) is 19.0 Å². The summed E-state index contributed by atoms with van der Waals surface area (Å²) < 4.78 is 14.5. The summed E-state index contributed by atoms with van der Waals surface area (Å²) in [6, 6.07) is 10.8. The standard InChI is InChI=1S/C22H23FN4O3/c1-3-14(2)26-21(29)16-6-4-5-15(9-16)11-24-20(28)12-27-13-25-19-8-7-17(23)10-18(19)22(27)30/h4-10,13-14H,3,11-12H2,1-2H3,(H,24,28)(H,26,29). The van der Waals surface area contributed by atoms with Gasteiger partial charge in [-0.1, -0.05) is 19.1 Å². The van der Waals surface area contributed by atoms with Gasteiger partial charge < -0.3 is 10.6 Å². The molecule has 0 fully saturated rings. The molecule has 0 saturated carbocycles. The molecule has 30 heavy (non-hydrogen) atoms. The summed E-state index contributed by atoms with van der Waals surface area (Å²) in [7, 11) is 0. The van der Waals surface area contributed by atoms with Gasteiger partial charge in [0.05, 0.1) is 17.2 Å². The number of aromatic nitrogens is 2. The Labute approximate surface area is 172 Å². The van der Waals surface area contributed by atoms with Crippen LogP contribution in [0.4, 0.5) is 4.39 Å². The lowest BCUT2D eigenvalue weighted by molar-refractivity contribution is -0.121. The van der Waals surface area contributed by atoms with Gasteiger partial charge in [0.1, 0.15) is 12.4 Å². The lowest BCUT2D eigenvalue weighted by Crippen LogP contribution is -2.33. The molecule has 2 N–H and O–H groups in total. The summed E-state index contributed by atoms with van der Waals surface area (Å²) in [6.45, 7) is 3.88. The van der Waals surface area contributed by atoms with E-state index in [4.69, 9.17) is 0 Å². The number of fused-ring (bicyclic) bond motifs is 1. The van der Waals surface area contributed by atoms with Crippen LogP contribution in [-0.2, 0) is 17.9 Å². The van der Waals surface area contributed by atoms with Crippen molar-refractivity contribution < 1.29 is 14.0 Å². The van der Waals surface area contributed by atoms with Crippen molar-refractivity contribution in [2.75, 3.05) is 0 Å².